The van der Waals surface area contributed by atoms with Gasteiger partial charge >= 0.3 is 0 Å². The van der Waals surface area contributed by atoms with Crippen LogP contribution in [0.25, 0.3) is 11.3 Å². The second-order valence-electron chi connectivity index (χ2n) is 7.25. The molecule has 3 aromatic rings. The predicted molar refractivity (Wildman–Crippen MR) is 110 cm³/mol. The first-order valence-electron chi connectivity index (χ1n) is 9.76. The van der Waals surface area contributed by atoms with Gasteiger partial charge in [0, 0.05) is 37.4 Å². The Morgan fingerprint density at radius 3 is 2.59 bits per heavy atom. The highest BCUT2D eigenvalue weighted by Gasteiger charge is 2.28. The van der Waals surface area contributed by atoms with Crippen molar-refractivity contribution < 1.29 is 9.59 Å². The van der Waals surface area contributed by atoms with Gasteiger partial charge < -0.3 is 10.2 Å². The van der Waals surface area contributed by atoms with Gasteiger partial charge in [0.2, 0.25) is 11.8 Å². The lowest BCUT2D eigenvalue weighted by molar-refractivity contribution is -0.133. The molecule has 0 radical (unpaired) electrons. The van der Waals surface area contributed by atoms with Crippen molar-refractivity contribution in [1.82, 2.24) is 20.1 Å². The van der Waals surface area contributed by atoms with E-state index in [1.165, 1.54) is 0 Å². The van der Waals surface area contributed by atoms with Crippen molar-refractivity contribution in [3.8, 4) is 11.3 Å². The molecule has 1 saturated heterocycles. The number of carbonyl (C=O) groups is 2. The van der Waals surface area contributed by atoms with Crippen molar-refractivity contribution in [2.24, 2.45) is 5.92 Å². The van der Waals surface area contributed by atoms with Crippen LogP contribution in [-0.2, 0) is 16.0 Å². The Kier molecular flexibility index (Phi) is 5.65. The summed E-state index contributed by atoms with van der Waals surface area (Å²) >= 11 is 0. The summed E-state index contributed by atoms with van der Waals surface area (Å²) in [6.45, 7) is 1.16. The number of carbonyl (C=O) groups excluding carboxylic acids is 2. The van der Waals surface area contributed by atoms with Crippen LogP contribution in [0.2, 0.25) is 0 Å². The van der Waals surface area contributed by atoms with Crippen LogP contribution in [-0.4, -0.2) is 45.0 Å². The average molecular weight is 389 g/mol. The van der Waals surface area contributed by atoms with E-state index in [-0.39, 0.29) is 17.7 Å². The minimum atomic E-state index is -0.197. The molecule has 0 aliphatic carbocycles. The van der Waals surface area contributed by atoms with E-state index in [1.807, 2.05) is 42.5 Å². The molecule has 148 valence electrons. The van der Waals surface area contributed by atoms with Crippen LogP contribution in [0.5, 0.6) is 0 Å². The van der Waals surface area contributed by atoms with Gasteiger partial charge in [-0.2, -0.15) is 5.10 Å². The number of piperidine rings is 1. The molecule has 2 amide bonds. The van der Waals surface area contributed by atoms with E-state index in [9.17, 15) is 9.59 Å². The molecule has 2 aromatic heterocycles. The fourth-order valence-electron chi connectivity index (χ4n) is 3.60. The van der Waals surface area contributed by atoms with Gasteiger partial charge in [-0.15, -0.1) is 0 Å². The second-order valence-corrected chi connectivity index (χ2v) is 7.25. The number of pyridine rings is 1. The summed E-state index contributed by atoms with van der Waals surface area (Å²) < 4.78 is 0. The monoisotopic (exact) mass is 389 g/mol. The zero-order valence-corrected chi connectivity index (χ0v) is 16.0. The summed E-state index contributed by atoms with van der Waals surface area (Å²) in [5.41, 5.74) is 3.62. The number of benzene rings is 1. The Hall–Kier alpha value is -3.48. The molecule has 1 aliphatic rings. The minimum Gasteiger partial charge on any atom is -0.342 e. The number of aromatic amines is 1. The third-order valence-electron chi connectivity index (χ3n) is 5.21. The van der Waals surface area contributed by atoms with Gasteiger partial charge in [-0.25, -0.2) is 0 Å². The molecule has 3 heterocycles. The number of H-pyrrole nitrogens is 1. The molecule has 7 heteroatoms. The summed E-state index contributed by atoms with van der Waals surface area (Å²) in [4.78, 5) is 31.1. The Bertz CT molecular complexity index is 955. The molecule has 0 spiro atoms. The van der Waals surface area contributed by atoms with Crippen LogP contribution in [0, 0.1) is 5.92 Å². The summed E-state index contributed by atoms with van der Waals surface area (Å²) in [6, 6.07) is 13.2. The third-order valence-corrected chi connectivity index (χ3v) is 5.21. The standard InChI is InChI=1S/C22H23N5O2/c28-21(14-16-7-10-23-11-8-16)27-13-1-2-18(15-27)22(29)25-19-5-3-17(4-6-19)20-9-12-24-26-20/h3-12,18H,1-2,13-15H2,(H,24,26)(H,25,29)/t18-/m0/s1. The summed E-state index contributed by atoms with van der Waals surface area (Å²) in [7, 11) is 0. The van der Waals surface area contributed by atoms with Gasteiger partial charge in [-0.1, -0.05) is 12.1 Å². The fraction of sp³-hybridized carbons (Fsp3) is 0.273. The second kappa shape index (κ2) is 8.68. The number of hydrogen-bond acceptors (Lipinski definition) is 4. The Balaban J connectivity index is 1.34. The Morgan fingerprint density at radius 2 is 1.86 bits per heavy atom. The van der Waals surface area contributed by atoms with Gasteiger partial charge in [0.1, 0.15) is 0 Å². The highest BCUT2D eigenvalue weighted by Crippen LogP contribution is 2.22. The van der Waals surface area contributed by atoms with Crippen molar-refractivity contribution >= 4 is 17.5 Å². The van der Waals surface area contributed by atoms with Crippen molar-refractivity contribution in [3.05, 3.63) is 66.6 Å². The molecule has 1 aromatic carbocycles. The first-order chi connectivity index (χ1) is 14.2. The number of hydrogen-bond donors (Lipinski definition) is 2. The SMILES string of the molecule is O=C(Nc1ccc(-c2ccn[nH]2)cc1)[C@H]1CCCN(C(=O)Cc2ccncc2)C1. The number of likely N-dealkylation sites (tertiary alicyclic amines) is 1. The summed E-state index contributed by atoms with van der Waals surface area (Å²) in [5, 5.41) is 9.85. The van der Waals surface area contributed by atoms with E-state index in [0.29, 0.717) is 19.5 Å². The largest absolute Gasteiger partial charge is 0.342 e. The number of nitrogens with zero attached hydrogens (tertiary/aromatic N) is 3. The molecular weight excluding hydrogens is 366 g/mol. The van der Waals surface area contributed by atoms with Crippen molar-refractivity contribution in [3.63, 3.8) is 0 Å². The molecule has 7 nitrogen and oxygen atoms in total. The molecule has 0 unspecified atom stereocenters. The van der Waals surface area contributed by atoms with Gasteiger partial charge in [0.25, 0.3) is 0 Å². The predicted octanol–water partition coefficient (Wildman–Crippen LogP) is 2.89. The van der Waals surface area contributed by atoms with Gasteiger partial charge in [0.15, 0.2) is 0 Å². The maximum Gasteiger partial charge on any atom is 0.229 e. The first-order valence-corrected chi connectivity index (χ1v) is 9.76. The van der Waals surface area contributed by atoms with Gasteiger partial charge in [0.05, 0.1) is 18.0 Å². The maximum absolute atomic E-state index is 12.7. The lowest BCUT2D eigenvalue weighted by Gasteiger charge is -2.32. The van der Waals surface area contributed by atoms with Gasteiger partial charge in [-0.05, 0) is 54.3 Å². The zero-order chi connectivity index (χ0) is 20.1. The lowest BCUT2D eigenvalue weighted by Crippen LogP contribution is -2.44. The van der Waals surface area contributed by atoms with E-state index >= 15 is 0 Å². The maximum atomic E-state index is 12.7. The number of aromatic nitrogens is 3. The third kappa shape index (κ3) is 4.68. The van der Waals surface area contributed by atoms with Crippen molar-refractivity contribution in [1.29, 1.82) is 0 Å². The van der Waals surface area contributed by atoms with Crippen LogP contribution >= 0.6 is 0 Å². The zero-order valence-electron chi connectivity index (χ0n) is 16.0. The molecular formula is C22H23N5O2. The van der Waals surface area contributed by atoms with Crippen LogP contribution in [0.4, 0.5) is 5.69 Å². The van der Waals surface area contributed by atoms with Crippen molar-refractivity contribution in [2.45, 2.75) is 19.3 Å². The van der Waals surface area contributed by atoms with E-state index in [0.717, 1.165) is 35.3 Å². The molecule has 0 bridgehead atoms. The highest BCUT2D eigenvalue weighted by molar-refractivity contribution is 5.93. The topological polar surface area (TPSA) is 91.0 Å². The molecule has 1 aliphatic heterocycles. The summed E-state index contributed by atoms with van der Waals surface area (Å²) in [6.07, 6.45) is 7.04. The highest BCUT2D eigenvalue weighted by atomic mass is 16.2. The first kappa shape index (κ1) is 18.9. The normalized spacial score (nSPS) is 16.4. The number of anilines is 1. The minimum absolute atomic E-state index is 0.0410. The average Bonchev–Trinajstić information content (AvgIpc) is 3.30. The van der Waals surface area contributed by atoms with E-state index in [4.69, 9.17) is 0 Å². The molecule has 1 atom stereocenters. The van der Waals surface area contributed by atoms with Crippen LogP contribution in [0.3, 0.4) is 0 Å². The van der Waals surface area contributed by atoms with Crippen LogP contribution < -0.4 is 5.32 Å². The number of rotatable bonds is 5. The smallest absolute Gasteiger partial charge is 0.229 e. The number of nitrogens with one attached hydrogen (secondary N) is 2. The van der Waals surface area contributed by atoms with E-state index in [2.05, 4.69) is 20.5 Å². The molecule has 4 rings (SSSR count). The van der Waals surface area contributed by atoms with Gasteiger partial charge in [-0.3, -0.25) is 19.7 Å². The molecule has 2 N–H and O–H groups in total. The Morgan fingerprint density at radius 1 is 1.07 bits per heavy atom. The van der Waals surface area contributed by atoms with Crippen LogP contribution in [0.15, 0.2) is 61.1 Å². The number of amides is 2. The Labute approximate surface area is 169 Å². The summed E-state index contributed by atoms with van der Waals surface area (Å²) in [5.74, 6) is -0.185. The molecule has 0 saturated carbocycles. The lowest BCUT2D eigenvalue weighted by atomic mass is 9.96. The quantitative estimate of drug-likeness (QED) is 0.702. The van der Waals surface area contributed by atoms with Crippen molar-refractivity contribution in [2.75, 3.05) is 18.4 Å². The van der Waals surface area contributed by atoms with E-state index in [1.54, 1.807) is 23.5 Å². The molecule has 1 fully saturated rings. The molecule has 29 heavy (non-hydrogen) atoms. The van der Waals surface area contributed by atoms with Crippen LogP contribution in [0.1, 0.15) is 18.4 Å². The van der Waals surface area contributed by atoms with E-state index < -0.39 is 0 Å². The fourth-order valence-corrected chi connectivity index (χ4v) is 3.60.